The van der Waals surface area contributed by atoms with Gasteiger partial charge in [-0.25, -0.2) is 0 Å². The van der Waals surface area contributed by atoms with Gasteiger partial charge in [-0.1, -0.05) is 18.2 Å². The van der Waals surface area contributed by atoms with Crippen LogP contribution in [0.25, 0.3) is 10.8 Å². The van der Waals surface area contributed by atoms with E-state index in [1.165, 1.54) is 0 Å². The monoisotopic (exact) mass is 312 g/mol. The van der Waals surface area contributed by atoms with E-state index in [2.05, 4.69) is 10.3 Å². The molecule has 2 saturated carbocycles. The van der Waals surface area contributed by atoms with E-state index in [-0.39, 0.29) is 35.7 Å². The molecule has 0 aliphatic heterocycles. The van der Waals surface area contributed by atoms with Crippen LogP contribution in [0.2, 0.25) is 0 Å². The number of benzene rings is 1. The Morgan fingerprint density at radius 1 is 1.26 bits per heavy atom. The SMILES string of the molecule is O=C(NC1C2CCC(C2)C1CO)c1cc2ccccc2c(=O)[nH]1. The first-order valence-corrected chi connectivity index (χ1v) is 8.21. The zero-order valence-electron chi connectivity index (χ0n) is 12.8. The summed E-state index contributed by atoms with van der Waals surface area (Å²) in [4.78, 5) is 27.4. The van der Waals surface area contributed by atoms with Gasteiger partial charge in [-0.05, 0) is 48.6 Å². The lowest BCUT2D eigenvalue weighted by molar-refractivity contribution is 0.0856. The Balaban J connectivity index is 1.61. The van der Waals surface area contributed by atoms with E-state index < -0.39 is 0 Å². The predicted octanol–water partition coefficient (Wildman–Crippen LogP) is 1.66. The summed E-state index contributed by atoms with van der Waals surface area (Å²) >= 11 is 0. The fourth-order valence-corrected chi connectivity index (χ4v) is 4.46. The molecule has 3 N–H and O–H groups in total. The van der Waals surface area contributed by atoms with Crippen LogP contribution >= 0.6 is 0 Å². The first-order chi connectivity index (χ1) is 11.2. The van der Waals surface area contributed by atoms with Crippen LogP contribution < -0.4 is 10.9 Å². The second-order valence-corrected chi connectivity index (χ2v) is 6.78. The molecule has 0 radical (unpaired) electrons. The number of carbonyl (C=O) groups excluding carboxylic acids is 1. The van der Waals surface area contributed by atoms with Gasteiger partial charge in [0, 0.05) is 24.0 Å². The number of pyridine rings is 1. The predicted molar refractivity (Wildman–Crippen MR) is 87.2 cm³/mol. The van der Waals surface area contributed by atoms with Gasteiger partial charge in [0.25, 0.3) is 11.5 Å². The fraction of sp³-hybridized carbons (Fsp3) is 0.444. The van der Waals surface area contributed by atoms with E-state index >= 15 is 0 Å². The molecule has 4 atom stereocenters. The van der Waals surface area contributed by atoms with Crippen molar-refractivity contribution < 1.29 is 9.90 Å². The minimum atomic E-state index is -0.260. The van der Waals surface area contributed by atoms with Crippen molar-refractivity contribution in [3.63, 3.8) is 0 Å². The highest BCUT2D eigenvalue weighted by molar-refractivity contribution is 5.96. The van der Waals surface area contributed by atoms with Gasteiger partial charge >= 0.3 is 0 Å². The molecule has 1 aromatic carbocycles. The molecular weight excluding hydrogens is 292 g/mol. The van der Waals surface area contributed by atoms with Gasteiger partial charge in [0.1, 0.15) is 5.69 Å². The van der Waals surface area contributed by atoms with E-state index in [4.69, 9.17) is 0 Å². The Labute approximate surface area is 133 Å². The number of fused-ring (bicyclic) bond motifs is 3. The van der Waals surface area contributed by atoms with Crippen molar-refractivity contribution in [3.8, 4) is 0 Å². The summed E-state index contributed by atoms with van der Waals surface area (Å²) in [7, 11) is 0. The standard InChI is InChI=1S/C18H20N2O3/c21-9-14-11-5-6-12(7-11)16(14)20-18(23)15-8-10-3-1-2-4-13(10)17(22)19-15/h1-4,8,11-12,14,16,21H,5-7,9H2,(H,19,22)(H,20,23). The van der Waals surface area contributed by atoms with E-state index in [1.54, 1.807) is 18.2 Å². The third-order valence-corrected chi connectivity index (χ3v) is 5.60. The van der Waals surface area contributed by atoms with Gasteiger partial charge in [0.15, 0.2) is 0 Å². The zero-order valence-corrected chi connectivity index (χ0v) is 12.8. The van der Waals surface area contributed by atoms with E-state index in [0.29, 0.717) is 17.2 Å². The number of hydrogen-bond donors (Lipinski definition) is 3. The van der Waals surface area contributed by atoms with Crippen LogP contribution in [0.3, 0.4) is 0 Å². The summed E-state index contributed by atoms with van der Waals surface area (Å²) in [5, 5.41) is 14.0. The number of amides is 1. The molecule has 5 nitrogen and oxygen atoms in total. The van der Waals surface area contributed by atoms with Crippen molar-refractivity contribution in [2.75, 3.05) is 6.61 Å². The van der Waals surface area contributed by atoms with E-state index in [0.717, 1.165) is 24.6 Å². The highest BCUT2D eigenvalue weighted by Gasteiger charge is 2.47. The number of hydrogen-bond acceptors (Lipinski definition) is 3. The molecule has 2 aliphatic carbocycles. The molecule has 2 bridgehead atoms. The molecule has 1 heterocycles. The molecule has 0 spiro atoms. The summed E-state index contributed by atoms with van der Waals surface area (Å²) in [6.07, 6.45) is 3.35. The lowest BCUT2D eigenvalue weighted by atomic mass is 9.85. The lowest BCUT2D eigenvalue weighted by Crippen LogP contribution is -2.45. The zero-order chi connectivity index (χ0) is 16.0. The van der Waals surface area contributed by atoms with Crippen molar-refractivity contribution in [3.05, 3.63) is 46.4 Å². The maximum Gasteiger partial charge on any atom is 0.268 e. The van der Waals surface area contributed by atoms with E-state index in [1.807, 2.05) is 12.1 Å². The molecule has 120 valence electrons. The number of aromatic nitrogens is 1. The van der Waals surface area contributed by atoms with Crippen molar-refractivity contribution in [2.24, 2.45) is 17.8 Å². The Bertz CT molecular complexity index is 813. The minimum Gasteiger partial charge on any atom is -0.396 e. The largest absolute Gasteiger partial charge is 0.396 e. The molecule has 23 heavy (non-hydrogen) atoms. The maximum absolute atomic E-state index is 12.6. The molecule has 5 heteroatoms. The summed E-state index contributed by atoms with van der Waals surface area (Å²) in [5.41, 5.74) is 0.0352. The maximum atomic E-state index is 12.6. The smallest absolute Gasteiger partial charge is 0.268 e. The molecular formula is C18H20N2O3. The summed E-state index contributed by atoms with van der Waals surface area (Å²) in [6.45, 7) is 0.111. The summed E-state index contributed by atoms with van der Waals surface area (Å²) in [6, 6.07) is 8.96. The van der Waals surface area contributed by atoms with Gasteiger partial charge in [0.05, 0.1) is 0 Å². The number of nitrogens with one attached hydrogen (secondary N) is 2. The molecule has 1 aromatic heterocycles. The third kappa shape index (κ3) is 2.36. The molecule has 2 aromatic rings. The van der Waals surface area contributed by atoms with Gasteiger partial charge in [-0.15, -0.1) is 0 Å². The minimum absolute atomic E-state index is 0.0150. The van der Waals surface area contributed by atoms with Crippen molar-refractivity contribution >= 4 is 16.7 Å². The van der Waals surface area contributed by atoms with Crippen LogP contribution in [0, 0.1) is 17.8 Å². The first kappa shape index (κ1) is 14.5. The van der Waals surface area contributed by atoms with Gasteiger partial charge in [0.2, 0.25) is 0 Å². The fourth-order valence-electron chi connectivity index (χ4n) is 4.46. The van der Waals surface area contributed by atoms with Crippen LogP contribution in [-0.2, 0) is 0 Å². The van der Waals surface area contributed by atoms with Crippen molar-refractivity contribution in [2.45, 2.75) is 25.3 Å². The second kappa shape index (κ2) is 5.49. The topological polar surface area (TPSA) is 82.2 Å². The van der Waals surface area contributed by atoms with Crippen molar-refractivity contribution in [1.82, 2.24) is 10.3 Å². The van der Waals surface area contributed by atoms with Crippen LogP contribution in [0.4, 0.5) is 0 Å². The lowest BCUT2D eigenvalue weighted by Gasteiger charge is -2.30. The average Bonchev–Trinajstić information content (AvgIpc) is 3.16. The summed E-state index contributed by atoms with van der Waals surface area (Å²) < 4.78 is 0. The van der Waals surface area contributed by atoms with Crippen LogP contribution in [0.1, 0.15) is 29.8 Å². The van der Waals surface area contributed by atoms with Gasteiger partial charge in [-0.3, -0.25) is 9.59 Å². The van der Waals surface area contributed by atoms with Crippen LogP contribution in [0.5, 0.6) is 0 Å². The Kier molecular flexibility index (Phi) is 3.45. The van der Waals surface area contributed by atoms with E-state index in [9.17, 15) is 14.7 Å². The van der Waals surface area contributed by atoms with Crippen LogP contribution in [0.15, 0.2) is 35.1 Å². The van der Waals surface area contributed by atoms with Gasteiger partial charge in [-0.2, -0.15) is 0 Å². The molecule has 1 amide bonds. The number of rotatable bonds is 3. The molecule has 4 unspecified atom stereocenters. The van der Waals surface area contributed by atoms with Crippen LogP contribution in [-0.4, -0.2) is 28.6 Å². The second-order valence-electron chi connectivity index (χ2n) is 6.78. The number of aliphatic hydroxyl groups is 1. The Hall–Kier alpha value is -2.14. The van der Waals surface area contributed by atoms with Gasteiger partial charge < -0.3 is 15.4 Å². The molecule has 2 aliphatic rings. The molecule has 0 saturated heterocycles. The highest BCUT2D eigenvalue weighted by atomic mass is 16.3. The highest BCUT2D eigenvalue weighted by Crippen LogP contribution is 2.48. The number of carbonyl (C=O) groups is 1. The first-order valence-electron chi connectivity index (χ1n) is 8.21. The quantitative estimate of drug-likeness (QED) is 0.806. The third-order valence-electron chi connectivity index (χ3n) is 5.60. The average molecular weight is 312 g/mol. The number of aromatic amines is 1. The number of aliphatic hydroxyl groups excluding tert-OH is 1. The Morgan fingerprint density at radius 2 is 2.04 bits per heavy atom. The molecule has 4 rings (SSSR count). The summed E-state index contributed by atoms with van der Waals surface area (Å²) in [5.74, 6) is 0.855. The molecule has 2 fully saturated rings. The normalized spacial score (nSPS) is 29.1. The number of H-pyrrole nitrogens is 1. The Morgan fingerprint density at radius 3 is 2.87 bits per heavy atom. The van der Waals surface area contributed by atoms with Crippen molar-refractivity contribution in [1.29, 1.82) is 0 Å².